The number of hydrogen-bond acceptors (Lipinski definition) is 6. The van der Waals surface area contributed by atoms with E-state index in [1.165, 1.54) is 0 Å². The Morgan fingerprint density at radius 2 is 1.93 bits per heavy atom. The molecule has 2 aromatic rings. The summed E-state index contributed by atoms with van der Waals surface area (Å²) in [4.78, 5) is 42.2. The quantitative estimate of drug-likeness (QED) is 0.493. The van der Waals surface area contributed by atoms with Crippen LogP contribution in [0.15, 0.2) is 54.7 Å². The third-order valence-electron chi connectivity index (χ3n) is 8.44. The summed E-state index contributed by atoms with van der Waals surface area (Å²) in [6.45, 7) is 2.74. The van der Waals surface area contributed by atoms with E-state index in [1.807, 2.05) is 37.4 Å². The van der Waals surface area contributed by atoms with Gasteiger partial charge in [0.05, 0.1) is 12.0 Å². The fourth-order valence-electron chi connectivity index (χ4n) is 6.07. The number of aromatic nitrogens is 2. The molecule has 10 nitrogen and oxygen atoms in total. The number of nitrogens with one attached hydrogen (secondary N) is 3. The van der Waals surface area contributed by atoms with Crippen LogP contribution in [0, 0.1) is 11.3 Å². The van der Waals surface area contributed by atoms with E-state index in [2.05, 4.69) is 38.1 Å². The van der Waals surface area contributed by atoms with Crippen molar-refractivity contribution >= 4 is 23.5 Å². The molecule has 4 heterocycles. The van der Waals surface area contributed by atoms with E-state index in [0.717, 1.165) is 18.4 Å². The Morgan fingerprint density at radius 1 is 1.12 bits per heavy atom. The molecule has 0 bridgehead atoms. The van der Waals surface area contributed by atoms with Crippen molar-refractivity contribution in [1.29, 1.82) is 0 Å². The summed E-state index contributed by atoms with van der Waals surface area (Å²) >= 11 is 0. The number of allylic oxidation sites excluding steroid dienone is 2. The van der Waals surface area contributed by atoms with Crippen molar-refractivity contribution in [3.05, 3.63) is 60.3 Å². The van der Waals surface area contributed by atoms with E-state index >= 15 is 0 Å². The lowest BCUT2D eigenvalue weighted by atomic mass is 9.75. The van der Waals surface area contributed by atoms with Gasteiger partial charge in [0, 0.05) is 58.1 Å². The summed E-state index contributed by atoms with van der Waals surface area (Å²) in [7, 11) is 1.81. The fourth-order valence-corrected chi connectivity index (χ4v) is 6.07. The van der Waals surface area contributed by atoms with Gasteiger partial charge >= 0.3 is 0 Å². The second-order valence-corrected chi connectivity index (χ2v) is 11.3. The lowest BCUT2D eigenvalue weighted by molar-refractivity contribution is -0.140. The molecule has 10 heteroatoms. The topological polar surface area (TPSA) is 118 Å². The second-order valence-electron chi connectivity index (χ2n) is 11.3. The lowest BCUT2D eigenvalue weighted by Gasteiger charge is -2.40. The highest BCUT2D eigenvalue weighted by atomic mass is 16.5. The Morgan fingerprint density at radius 3 is 2.67 bits per heavy atom. The van der Waals surface area contributed by atoms with Crippen LogP contribution >= 0.6 is 0 Å². The zero-order chi connectivity index (χ0) is 28.0. The number of carbonyl (C=O) groups excluding carboxylic acids is 3. The summed E-state index contributed by atoms with van der Waals surface area (Å²) in [5.41, 5.74) is 0.423. The van der Waals surface area contributed by atoms with E-state index in [4.69, 9.17) is 4.74 Å². The van der Waals surface area contributed by atoms with Gasteiger partial charge in [0.15, 0.2) is 5.82 Å². The summed E-state index contributed by atoms with van der Waals surface area (Å²) in [6, 6.07) is 10.9. The molecule has 2 saturated heterocycles. The smallest absolute Gasteiger partial charge is 0.243 e. The molecule has 0 radical (unpaired) electrons. The maximum absolute atomic E-state index is 13.7. The van der Waals surface area contributed by atoms with Gasteiger partial charge in [0.1, 0.15) is 6.04 Å². The highest BCUT2D eigenvalue weighted by molar-refractivity contribution is 5.91. The normalized spacial score (nSPS) is 26.5. The second kappa shape index (κ2) is 12.8. The summed E-state index contributed by atoms with van der Waals surface area (Å²) in [6.07, 6.45) is 9.88. The molecule has 3 aliphatic heterocycles. The molecular weight excluding hydrogens is 508 g/mol. The Labute approximate surface area is 235 Å². The number of anilines is 1. The molecule has 214 valence electrons. The van der Waals surface area contributed by atoms with Crippen LogP contribution in [-0.4, -0.2) is 77.3 Å². The van der Waals surface area contributed by atoms with Gasteiger partial charge in [-0.25, -0.2) is 0 Å². The van der Waals surface area contributed by atoms with Crippen molar-refractivity contribution in [3.8, 4) is 0 Å². The molecule has 1 aromatic carbocycles. The first-order valence-corrected chi connectivity index (χ1v) is 14.3. The Hall–Kier alpha value is -3.50. The van der Waals surface area contributed by atoms with Crippen LogP contribution in [0.4, 0.5) is 5.82 Å². The van der Waals surface area contributed by atoms with Crippen molar-refractivity contribution in [2.24, 2.45) is 18.4 Å². The number of piperidine rings is 1. The zero-order valence-corrected chi connectivity index (χ0v) is 23.2. The molecule has 0 unspecified atom stereocenters. The van der Waals surface area contributed by atoms with Crippen LogP contribution in [0.5, 0.6) is 0 Å². The summed E-state index contributed by atoms with van der Waals surface area (Å²) in [5.74, 6) is 0.367. The Kier molecular flexibility index (Phi) is 8.96. The number of fused-ring (bicyclic) bond motifs is 1. The van der Waals surface area contributed by atoms with Gasteiger partial charge in [0.2, 0.25) is 17.7 Å². The third kappa shape index (κ3) is 6.98. The van der Waals surface area contributed by atoms with E-state index in [0.29, 0.717) is 57.8 Å². The summed E-state index contributed by atoms with van der Waals surface area (Å²) < 4.78 is 7.24. The molecule has 3 N–H and O–H groups in total. The van der Waals surface area contributed by atoms with Gasteiger partial charge < -0.3 is 20.7 Å². The van der Waals surface area contributed by atoms with Crippen LogP contribution in [0.3, 0.4) is 0 Å². The number of nitrogens with zero attached hydrogens (tertiary/aromatic N) is 3. The average Bonchev–Trinajstić information content (AvgIpc) is 3.36. The van der Waals surface area contributed by atoms with Crippen molar-refractivity contribution in [1.82, 2.24) is 25.3 Å². The number of benzene rings is 1. The number of likely N-dealkylation sites (tertiary alicyclic amines) is 1. The molecule has 40 heavy (non-hydrogen) atoms. The first-order chi connectivity index (χ1) is 19.4. The van der Waals surface area contributed by atoms with Gasteiger partial charge in [-0.2, -0.15) is 5.10 Å². The predicted molar refractivity (Wildman–Crippen MR) is 151 cm³/mol. The zero-order valence-electron chi connectivity index (χ0n) is 23.2. The van der Waals surface area contributed by atoms with Crippen LogP contribution in [0.25, 0.3) is 0 Å². The number of rotatable bonds is 5. The molecular formula is C30H40N6O4. The van der Waals surface area contributed by atoms with Crippen LogP contribution in [0.2, 0.25) is 0 Å². The molecule has 3 aliphatic rings. The van der Waals surface area contributed by atoms with Gasteiger partial charge in [-0.1, -0.05) is 42.5 Å². The third-order valence-corrected chi connectivity index (χ3v) is 8.44. The highest BCUT2D eigenvalue weighted by Crippen LogP contribution is 2.36. The lowest BCUT2D eigenvalue weighted by Crippen LogP contribution is -2.58. The molecule has 0 saturated carbocycles. The number of hydrogen-bond donors (Lipinski definition) is 3. The maximum atomic E-state index is 13.7. The first kappa shape index (κ1) is 28.0. The van der Waals surface area contributed by atoms with E-state index in [9.17, 15) is 14.4 Å². The predicted octanol–water partition coefficient (Wildman–Crippen LogP) is 2.04. The molecule has 3 atom stereocenters. The molecule has 3 amide bonds. The number of amides is 3. The standard InChI is InChI=1S/C30H40N6O4/c1-35-15-11-26(34-35)33-27(37)21-36-16-10-24-23(20-36)9-5-6-12-30(13-17-40-18-14-30)29(39)32-25(28(38)31-24)19-22-7-3-2-4-8-22/h2-8,11,15,23-25H,9-10,12-14,16-21H2,1H3,(H,31,38)(H,32,39)(H,33,34,37)/b6-5+/t23-,24+,25+/m0/s1. The first-order valence-electron chi connectivity index (χ1n) is 14.3. The minimum atomic E-state index is -0.666. The molecule has 1 spiro atoms. The molecule has 2 fully saturated rings. The van der Waals surface area contributed by atoms with Gasteiger partial charge in [-0.05, 0) is 43.6 Å². The SMILES string of the molecule is Cn1ccc(NC(=O)CN2CC[C@H]3NC(=O)[C@@H](Cc4ccccc4)NC(=O)C4(C/C=C/C[C@H]3C2)CCOCC4)n1. The van der Waals surface area contributed by atoms with Crippen molar-refractivity contribution in [3.63, 3.8) is 0 Å². The maximum Gasteiger partial charge on any atom is 0.243 e. The van der Waals surface area contributed by atoms with Crippen LogP contribution < -0.4 is 16.0 Å². The molecule has 0 aliphatic carbocycles. The molecule has 1 aromatic heterocycles. The van der Waals surface area contributed by atoms with E-state index < -0.39 is 11.5 Å². The van der Waals surface area contributed by atoms with Gasteiger partial charge in [-0.15, -0.1) is 0 Å². The van der Waals surface area contributed by atoms with Crippen molar-refractivity contribution in [2.75, 3.05) is 38.2 Å². The monoisotopic (exact) mass is 548 g/mol. The van der Waals surface area contributed by atoms with Crippen molar-refractivity contribution in [2.45, 2.75) is 50.6 Å². The minimum absolute atomic E-state index is 0.0427. The fraction of sp³-hybridized carbons (Fsp3) is 0.533. The van der Waals surface area contributed by atoms with Crippen molar-refractivity contribution < 1.29 is 19.1 Å². The highest BCUT2D eigenvalue weighted by Gasteiger charge is 2.41. The number of carbonyl (C=O) groups is 3. The van der Waals surface area contributed by atoms with Gasteiger partial charge in [0.25, 0.3) is 0 Å². The largest absolute Gasteiger partial charge is 0.381 e. The van der Waals surface area contributed by atoms with E-state index in [-0.39, 0.29) is 36.2 Å². The van der Waals surface area contributed by atoms with Gasteiger partial charge in [-0.3, -0.25) is 24.0 Å². The minimum Gasteiger partial charge on any atom is -0.381 e. The number of aryl methyl sites for hydroxylation is 1. The Balaban J connectivity index is 1.32. The summed E-state index contributed by atoms with van der Waals surface area (Å²) in [5, 5.41) is 13.5. The average molecular weight is 549 g/mol. The van der Waals surface area contributed by atoms with Crippen LogP contribution in [-0.2, 0) is 32.6 Å². The number of ether oxygens (including phenoxy) is 1. The Bertz CT molecular complexity index is 1210. The van der Waals surface area contributed by atoms with Crippen LogP contribution in [0.1, 0.15) is 37.7 Å². The van der Waals surface area contributed by atoms with E-state index in [1.54, 1.807) is 16.9 Å². The molecule has 5 rings (SSSR count).